The quantitative estimate of drug-likeness (QED) is 0.294. The van der Waals surface area contributed by atoms with Gasteiger partial charge >= 0.3 is 0 Å². The van der Waals surface area contributed by atoms with Gasteiger partial charge in [0.05, 0.1) is 41.2 Å². The first-order valence-corrected chi connectivity index (χ1v) is 12.8. The molecule has 0 aliphatic heterocycles. The average Bonchev–Trinajstić information content (AvgIpc) is 3.28. The molecule has 2 atom stereocenters. The van der Waals surface area contributed by atoms with Crippen molar-refractivity contribution in [2.75, 3.05) is 7.11 Å². The van der Waals surface area contributed by atoms with Crippen LogP contribution >= 0.6 is 23.2 Å². The number of rotatable bonds is 6. The fourth-order valence-corrected chi connectivity index (χ4v) is 5.37. The molecule has 36 heavy (non-hydrogen) atoms. The zero-order valence-corrected chi connectivity index (χ0v) is 21.7. The molecule has 4 aromatic rings. The average molecular weight is 520 g/mol. The summed E-state index contributed by atoms with van der Waals surface area (Å²) in [4.78, 5) is 13.5. The van der Waals surface area contributed by atoms with Crippen molar-refractivity contribution in [2.45, 2.75) is 38.1 Å². The minimum absolute atomic E-state index is 0.0135. The van der Waals surface area contributed by atoms with Crippen molar-refractivity contribution >= 4 is 29.1 Å². The molecule has 1 aromatic heterocycles. The van der Waals surface area contributed by atoms with E-state index in [2.05, 4.69) is 5.32 Å². The van der Waals surface area contributed by atoms with Gasteiger partial charge in [-0.25, -0.2) is 4.68 Å². The Balaban J connectivity index is 1.58. The molecule has 0 radical (unpaired) electrons. The molecule has 5 nitrogen and oxygen atoms in total. The standard InChI is InChI=1S/C29H27Cl2N3O2/c1-18(19-7-4-3-5-8-19)32-29(35)24-10-6-9-23-27(24)33-34(26-16-13-21(30)17-25(26)31)28(23)20-11-14-22(36-2)15-12-20/h3-5,7-8,11-18,24H,6,9-10H2,1-2H3,(H,32,35)/t18-,24-/m1/s1. The molecule has 3 aromatic carbocycles. The Kier molecular flexibility index (Phi) is 7.04. The van der Waals surface area contributed by atoms with E-state index in [-0.39, 0.29) is 17.9 Å². The van der Waals surface area contributed by atoms with Crippen molar-refractivity contribution in [2.24, 2.45) is 0 Å². The van der Waals surface area contributed by atoms with Crippen LogP contribution in [0.4, 0.5) is 0 Å². The van der Waals surface area contributed by atoms with Crippen LogP contribution in [-0.4, -0.2) is 22.8 Å². The van der Waals surface area contributed by atoms with Crippen molar-refractivity contribution < 1.29 is 9.53 Å². The normalized spacial score (nSPS) is 15.7. The van der Waals surface area contributed by atoms with E-state index in [1.54, 1.807) is 19.2 Å². The van der Waals surface area contributed by atoms with Gasteiger partial charge in [0.1, 0.15) is 5.75 Å². The summed E-state index contributed by atoms with van der Waals surface area (Å²) < 4.78 is 7.22. The molecule has 0 saturated carbocycles. The molecule has 0 bridgehead atoms. The Labute approximate surface area is 221 Å². The second-order valence-corrected chi connectivity index (χ2v) is 9.88. The van der Waals surface area contributed by atoms with Crippen LogP contribution in [0.5, 0.6) is 5.75 Å². The predicted octanol–water partition coefficient (Wildman–Crippen LogP) is 7.15. The molecular weight excluding hydrogens is 493 g/mol. The summed E-state index contributed by atoms with van der Waals surface area (Å²) in [6, 6.07) is 23.1. The summed E-state index contributed by atoms with van der Waals surface area (Å²) in [5.41, 5.74) is 5.58. The monoisotopic (exact) mass is 519 g/mol. The summed E-state index contributed by atoms with van der Waals surface area (Å²) in [5, 5.41) is 9.26. The number of ether oxygens (including phenoxy) is 1. The molecule has 0 saturated heterocycles. The minimum Gasteiger partial charge on any atom is -0.497 e. The highest BCUT2D eigenvalue weighted by molar-refractivity contribution is 6.35. The number of carbonyl (C=O) groups is 1. The van der Waals surface area contributed by atoms with Crippen molar-refractivity contribution in [1.29, 1.82) is 0 Å². The zero-order valence-electron chi connectivity index (χ0n) is 20.2. The van der Waals surface area contributed by atoms with Crippen LogP contribution in [0.3, 0.4) is 0 Å². The van der Waals surface area contributed by atoms with E-state index in [0.29, 0.717) is 10.0 Å². The number of amides is 1. The molecule has 1 heterocycles. The fourth-order valence-electron chi connectivity index (χ4n) is 4.88. The molecule has 5 rings (SSSR count). The van der Waals surface area contributed by atoms with Gasteiger partial charge in [-0.3, -0.25) is 4.79 Å². The van der Waals surface area contributed by atoms with Crippen LogP contribution in [0, 0.1) is 0 Å². The lowest BCUT2D eigenvalue weighted by atomic mass is 9.85. The number of carbonyl (C=O) groups excluding carboxylic acids is 1. The van der Waals surface area contributed by atoms with E-state index < -0.39 is 0 Å². The molecule has 0 fully saturated rings. The van der Waals surface area contributed by atoms with Crippen molar-refractivity contribution in [3.63, 3.8) is 0 Å². The first kappa shape index (κ1) is 24.4. The second kappa shape index (κ2) is 10.4. The molecule has 0 unspecified atom stereocenters. The summed E-state index contributed by atoms with van der Waals surface area (Å²) in [6.45, 7) is 2.01. The number of aromatic nitrogens is 2. The maximum absolute atomic E-state index is 13.5. The Morgan fingerprint density at radius 3 is 2.53 bits per heavy atom. The van der Waals surface area contributed by atoms with Crippen LogP contribution in [0.2, 0.25) is 10.0 Å². The summed E-state index contributed by atoms with van der Waals surface area (Å²) >= 11 is 12.8. The number of fused-ring (bicyclic) bond motifs is 1. The van der Waals surface area contributed by atoms with Crippen LogP contribution in [0.15, 0.2) is 72.8 Å². The topological polar surface area (TPSA) is 56.2 Å². The van der Waals surface area contributed by atoms with Gasteiger partial charge in [0, 0.05) is 16.1 Å². The minimum atomic E-state index is -0.343. The first-order valence-electron chi connectivity index (χ1n) is 12.0. The van der Waals surface area contributed by atoms with Crippen LogP contribution < -0.4 is 10.1 Å². The third-order valence-corrected chi connectivity index (χ3v) is 7.28. The van der Waals surface area contributed by atoms with Gasteiger partial charge in [-0.05, 0) is 74.2 Å². The van der Waals surface area contributed by atoms with E-state index in [1.807, 2.05) is 72.3 Å². The third kappa shape index (κ3) is 4.73. The number of nitrogens with one attached hydrogen (secondary N) is 1. The number of hydrogen-bond acceptors (Lipinski definition) is 3. The number of halogens is 2. The summed E-state index contributed by atoms with van der Waals surface area (Å²) in [6.07, 6.45) is 2.47. The Bertz CT molecular complexity index is 1380. The lowest BCUT2D eigenvalue weighted by Crippen LogP contribution is -2.33. The molecule has 1 aliphatic rings. The predicted molar refractivity (Wildman–Crippen MR) is 144 cm³/mol. The second-order valence-electron chi connectivity index (χ2n) is 9.03. The number of methoxy groups -OCH3 is 1. The van der Waals surface area contributed by atoms with Crippen LogP contribution in [0.25, 0.3) is 16.9 Å². The summed E-state index contributed by atoms with van der Waals surface area (Å²) in [7, 11) is 1.65. The van der Waals surface area contributed by atoms with E-state index in [1.165, 1.54) is 0 Å². The maximum atomic E-state index is 13.5. The lowest BCUT2D eigenvalue weighted by molar-refractivity contribution is -0.123. The molecule has 1 aliphatic carbocycles. The van der Waals surface area contributed by atoms with E-state index in [0.717, 1.165) is 58.8 Å². The molecular formula is C29H27Cl2N3O2. The van der Waals surface area contributed by atoms with E-state index in [4.69, 9.17) is 33.0 Å². The van der Waals surface area contributed by atoms with Crippen molar-refractivity contribution in [1.82, 2.24) is 15.1 Å². The third-order valence-electron chi connectivity index (χ3n) is 6.74. The Morgan fingerprint density at radius 1 is 1.08 bits per heavy atom. The maximum Gasteiger partial charge on any atom is 0.229 e. The first-order chi connectivity index (χ1) is 17.5. The number of hydrogen-bond donors (Lipinski definition) is 1. The number of nitrogens with zero attached hydrogens (tertiary/aromatic N) is 2. The van der Waals surface area contributed by atoms with E-state index >= 15 is 0 Å². The van der Waals surface area contributed by atoms with Gasteiger partial charge in [-0.15, -0.1) is 0 Å². The SMILES string of the molecule is COc1ccc(-c2c3c(nn2-c2ccc(Cl)cc2Cl)[C@H](C(=O)N[C@H](C)c2ccccc2)CCC3)cc1. The van der Waals surface area contributed by atoms with Gasteiger partial charge in [-0.2, -0.15) is 5.10 Å². The Hall–Kier alpha value is -3.28. The highest BCUT2D eigenvalue weighted by Gasteiger charge is 2.34. The van der Waals surface area contributed by atoms with Crippen molar-refractivity contribution in [3.8, 4) is 22.7 Å². The highest BCUT2D eigenvalue weighted by Crippen LogP contribution is 2.40. The smallest absolute Gasteiger partial charge is 0.229 e. The summed E-state index contributed by atoms with van der Waals surface area (Å²) in [5.74, 6) is 0.417. The Morgan fingerprint density at radius 2 is 1.83 bits per heavy atom. The molecule has 184 valence electrons. The van der Waals surface area contributed by atoms with Crippen LogP contribution in [0.1, 0.15) is 48.5 Å². The fraction of sp³-hybridized carbons (Fsp3) is 0.241. The van der Waals surface area contributed by atoms with E-state index in [9.17, 15) is 4.79 Å². The van der Waals surface area contributed by atoms with Gasteiger partial charge in [-0.1, -0.05) is 53.5 Å². The molecule has 0 spiro atoms. The molecule has 7 heteroatoms. The lowest BCUT2D eigenvalue weighted by Gasteiger charge is -2.23. The van der Waals surface area contributed by atoms with Gasteiger partial charge < -0.3 is 10.1 Å². The van der Waals surface area contributed by atoms with Crippen molar-refractivity contribution in [3.05, 3.63) is 99.7 Å². The van der Waals surface area contributed by atoms with Gasteiger partial charge in [0.2, 0.25) is 5.91 Å². The molecule has 1 amide bonds. The molecule has 1 N–H and O–H groups in total. The highest BCUT2D eigenvalue weighted by atomic mass is 35.5. The van der Waals surface area contributed by atoms with Gasteiger partial charge in [0.25, 0.3) is 0 Å². The van der Waals surface area contributed by atoms with Gasteiger partial charge in [0.15, 0.2) is 0 Å². The van der Waals surface area contributed by atoms with Crippen LogP contribution in [-0.2, 0) is 11.2 Å². The zero-order chi connectivity index (χ0) is 25.2. The largest absolute Gasteiger partial charge is 0.497 e. The number of benzene rings is 3.